The van der Waals surface area contributed by atoms with Crippen LogP contribution in [0.4, 0.5) is 4.39 Å². The van der Waals surface area contributed by atoms with Crippen molar-refractivity contribution in [1.29, 1.82) is 0 Å². The summed E-state index contributed by atoms with van der Waals surface area (Å²) in [6, 6.07) is 3.87. The van der Waals surface area contributed by atoms with E-state index in [4.69, 9.17) is 5.11 Å². The Morgan fingerprint density at radius 2 is 2.06 bits per heavy atom. The minimum atomic E-state index is -3.83. The van der Waals surface area contributed by atoms with Crippen LogP contribution in [0.5, 0.6) is 0 Å². The van der Waals surface area contributed by atoms with Gasteiger partial charge in [0.2, 0.25) is 0 Å². The molecule has 0 heterocycles. The molecule has 1 N–H and O–H groups in total. The van der Waals surface area contributed by atoms with Crippen LogP contribution in [0.25, 0.3) is 0 Å². The van der Waals surface area contributed by atoms with Gasteiger partial charge in [0.05, 0.1) is 5.75 Å². The predicted molar refractivity (Wildman–Crippen MR) is 59.2 cm³/mol. The summed E-state index contributed by atoms with van der Waals surface area (Å²) in [4.78, 5) is 10.3. The van der Waals surface area contributed by atoms with Crippen LogP contribution < -0.4 is 0 Å². The Bertz CT molecular complexity index is 512. The maximum absolute atomic E-state index is 13.2. The number of carboxylic acids is 1. The lowest BCUT2D eigenvalue weighted by Gasteiger charge is -2.04. The minimum Gasteiger partial charge on any atom is -0.480 e. The van der Waals surface area contributed by atoms with Crippen LogP contribution in [-0.4, -0.2) is 25.2 Å². The molecule has 88 valence electrons. The molecule has 0 aliphatic heterocycles. The molecule has 0 radical (unpaired) electrons. The molecule has 0 bridgehead atoms. The molecule has 0 aliphatic carbocycles. The van der Waals surface area contributed by atoms with Crippen LogP contribution in [0.15, 0.2) is 22.7 Å². The Hall–Kier alpha value is -0.950. The zero-order chi connectivity index (χ0) is 12.3. The van der Waals surface area contributed by atoms with E-state index in [2.05, 4.69) is 15.9 Å². The van der Waals surface area contributed by atoms with Gasteiger partial charge in [-0.3, -0.25) is 4.79 Å². The lowest BCUT2D eigenvalue weighted by atomic mass is 10.2. The molecule has 0 saturated heterocycles. The number of sulfone groups is 1. The third-order valence-corrected chi connectivity index (χ3v) is 3.66. The number of hydrogen-bond donors (Lipinski definition) is 1. The Morgan fingerprint density at radius 3 is 2.62 bits per heavy atom. The maximum atomic E-state index is 13.2. The molecule has 1 aromatic rings. The zero-order valence-corrected chi connectivity index (χ0v) is 10.4. The van der Waals surface area contributed by atoms with E-state index >= 15 is 0 Å². The van der Waals surface area contributed by atoms with Crippen molar-refractivity contribution in [2.75, 3.05) is 5.75 Å². The van der Waals surface area contributed by atoms with Crippen molar-refractivity contribution in [2.45, 2.75) is 5.75 Å². The van der Waals surface area contributed by atoms with Gasteiger partial charge in [-0.2, -0.15) is 0 Å². The molecule has 4 nitrogen and oxygen atoms in total. The summed E-state index contributed by atoms with van der Waals surface area (Å²) >= 11 is 3.08. The van der Waals surface area contributed by atoms with Gasteiger partial charge in [0.25, 0.3) is 0 Å². The summed E-state index contributed by atoms with van der Waals surface area (Å²) < 4.78 is 36.4. The van der Waals surface area contributed by atoms with Gasteiger partial charge in [0.1, 0.15) is 11.6 Å². The van der Waals surface area contributed by atoms with E-state index in [0.29, 0.717) is 4.47 Å². The second kappa shape index (κ2) is 4.92. The first-order valence-corrected chi connectivity index (χ1v) is 6.78. The average molecular weight is 311 g/mol. The van der Waals surface area contributed by atoms with Gasteiger partial charge >= 0.3 is 5.97 Å². The Morgan fingerprint density at radius 1 is 1.44 bits per heavy atom. The molecule has 0 aromatic heterocycles. The smallest absolute Gasteiger partial charge is 0.318 e. The van der Waals surface area contributed by atoms with E-state index in [1.807, 2.05) is 0 Å². The first-order chi connectivity index (χ1) is 7.30. The topological polar surface area (TPSA) is 71.4 Å². The number of benzene rings is 1. The van der Waals surface area contributed by atoms with Gasteiger partial charge < -0.3 is 5.11 Å². The molecule has 0 fully saturated rings. The van der Waals surface area contributed by atoms with Crippen LogP contribution in [-0.2, 0) is 20.4 Å². The van der Waals surface area contributed by atoms with Crippen LogP contribution in [0.2, 0.25) is 0 Å². The second-order valence-electron chi connectivity index (χ2n) is 3.16. The fraction of sp³-hybridized carbons (Fsp3) is 0.222. The Labute approximate surface area is 100 Å². The van der Waals surface area contributed by atoms with Gasteiger partial charge in [0, 0.05) is 10.0 Å². The summed E-state index contributed by atoms with van der Waals surface area (Å²) in [5, 5.41) is 8.37. The molecule has 1 rings (SSSR count). The third kappa shape index (κ3) is 3.90. The van der Waals surface area contributed by atoms with Gasteiger partial charge in [-0.25, -0.2) is 12.8 Å². The van der Waals surface area contributed by atoms with Crippen LogP contribution in [0, 0.1) is 5.82 Å². The fourth-order valence-corrected chi connectivity index (χ4v) is 2.71. The second-order valence-corrected chi connectivity index (χ2v) is 6.14. The quantitative estimate of drug-likeness (QED) is 0.916. The summed E-state index contributed by atoms with van der Waals surface area (Å²) in [5.74, 6) is -3.74. The van der Waals surface area contributed by atoms with Crippen molar-refractivity contribution in [2.24, 2.45) is 0 Å². The molecule has 0 spiro atoms. The van der Waals surface area contributed by atoms with Crippen LogP contribution in [0.1, 0.15) is 5.56 Å². The number of hydrogen-bond acceptors (Lipinski definition) is 3. The number of carboxylic acid groups (broad SMARTS) is 1. The largest absolute Gasteiger partial charge is 0.480 e. The highest BCUT2D eigenvalue weighted by Gasteiger charge is 2.18. The molecule has 0 atom stereocenters. The summed E-state index contributed by atoms with van der Waals surface area (Å²) in [7, 11) is -3.83. The van der Waals surface area contributed by atoms with E-state index in [1.165, 1.54) is 12.1 Å². The molecule has 0 unspecified atom stereocenters. The molecule has 7 heteroatoms. The van der Waals surface area contributed by atoms with Gasteiger partial charge in [-0.05, 0) is 18.2 Å². The number of halogens is 2. The zero-order valence-electron chi connectivity index (χ0n) is 7.98. The van der Waals surface area contributed by atoms with E-state index < -0.39 is 33.1 Å². The summed E-state index contributed by atoms with van der Waals surface area (Å²) in [5.41, 5.74) is -0.0457. The fourth-order valence-electron chi connectivity index (χ4n) is 1.13. The number of aliphatic carboxylic acids is 1. The lowest BCUT2D eigenvalue weighted by molar-refractivity contribution is -0.134. The third-order valence-electron chi connectivity index (χ3n) is 1.73. The maximum Gasteiger partial charge on any atom is 0.318 e. The Balaban J connectivity index is 2.96. The van der Waals surface area contributed by atoms with Crippen LogP contribution in [0.3, 0.4) is 0 Å². The average Bonchev–Trinajstić information content (AvgIpc) is 2.08. The minimum absolute atomic E-state index is 0.0457. The van der Waals surface area contributed by atoms with E-state index in [9.17, 15) is 17.6 Å². The van der Waals surface area contributed by atoms with Crippen molar-refractivity contribution in [3.63, 3.8) is 0 Å². The highest BCUT2D eigenvalue weighted by atomic mass is 79.9. The number of rotatable bonds is 4. The first-order valence-electron chi connectivity index (χ1n) is 4.16. The first kappa shape index (κ1) is 13.1. The van der Waals surface area contributed by atoms with Crippen molar-refractivity contribution in [3.8, 4) is 0 Å². The lowest BCUT2D eigenvalue weighted by Crippen LogP contribution is -2.17. The SMILES string of the molecule is O=C(O)CS(=O)(=O)Cc1cc(Br)ccc1F. The van der Waals surface area contributed by atoms with Gasteiger partial charge in [0.15, 0.2) is 9.84 Å². The van der Waals surface area contributed by atoms with Crippen molar-refractivity contribution >= 4 is 31.7 Å². The molecule has 0 aliphatic rings. The standard InChI is InChI=1S/C9H8BrFO4S/c10-7-1-2-8(11)6(3-7)4-16(14,15)5-9(12)13/h1-3H,4-5H2,(H,12,13). The van der Waals surface area contributed by atoms with Gasteiger partial charge in [-0.1, -0.05) is 15.9 Å². The Kier molecular flexibility index (Phi) is 4.03. The molecular weight excluding hydrogens is 303 g/mol. The van der Waals surface area contributed by atoms with E-state index in [1.54, 1.807) is 0 Å². The molecule has 0 amide bonds. The van der Waals surface area contributed by atoms with Crippen molar-refractivity contribution < 1.29 is 22.7 Å². The van der Waals surface area contributed by atoms with Crippen molar-refractivity contribution in [3.05, 3.63) is 34.1 Å². The normalized spacial score (nSPS) is 11.4. The van der Waals surface area contributed by atoms with Gasteiger partial charge in [-0.15, -0.1) is 0 Å². The predicted octanol–water partition coefficient (Wildman–Crippen LogP) is 1.59. The van der Waals surface area contributed by atoms with Crippen LogP contribution >= 0.6 is 15.9 Å². The van der Waals surface area contributed by atoms with E-state index in [0.717, 1.165) is 6.07 Å². The van der Waals surface area contributed by atoms with E-state index in [-0.39, 0.29) is 5.56 Å². The molecule has 0 saturated carbocycles. The molecule has 1 aromatic carbocycles. The number of carbonyl (C=O) groups is 1. The molecular formula is C9H8BrFO4S. The summed E-state index contributed by atoms with van der Waals surface area (Å²) in [6.07, 6.45) is 0. The highest BCUT2D eigenvalue weighted by Crippen LogP contribution is 2.17. The monoisotopic (exact) mass is 310 g/mol. The van der Waals surface area contributed by atoms with Crippen molar-refractivity contribution in [1.82, 2.24) is 0 Å². The summed E-state index contributed by atoms with van der Waals surface area (Å²) in [6.45, 7) is 0. The molecule has 16 heavy (non-hydrogen) atoms. The highest BCUT2D eigenvalue weighted by molar-refractivity contribution is 9.10.